The Morgan fingerprint density at radius 1 is 1.20 bits per heavy atom. The SMILES string of the molecule is COC(=O)Nc1nc(-c2ccccc2)c(NC(C)=O)s1. The number of carbonyl (C=O) groups is 2. The van der Waals surface area contributed by atoms with Crippen LogP contribution in [0.5, 0.6) is 0 Å². The molecule has 20 heavy (non-hydrogen) atoms. The van der Waals surface area contributed by atoms with Gasteiger partial charge in [0.2, 0.25) is 5.91 Å². The van der Waals surface area contributed by atoms with Crippen molar-refractivity contribution in [1.82, 2.24) is 4.98 Å². The first kappa shape index (κ1) is 14.0. The van der Waals surface area contributed by atoms with Crippen molar-refractivity contribution in [2.75, 3.05) is 17.7 Å². The van der Waals surface area contributed by atoms with Gasteiger partial charge in [0.1, 0.15) is 10.7 Å². The minimum absolute atomic E-state index is 0.199. The van der Waals surface area contributed by atoms with Crippen molar-refractivity contribution in [2.24, 2.45) is 0 Å². The number of hydrogen-bond donors (Lipinski definition) is 2. The van der Waals surface area contributed by atoms with E-state index in [0.29, 0.717) is 15.8 Å². The van der Waals surface area contributed by atoms with Crippen LogP contribution in [0.15, 0.2) is 30.3 Å². The lowest BCUT2D eigenvalue weighted by Crippen LogP contribution is -2.10. The number of benzene rings is 1. The molecule has 7 heteroatoms. The number of rotatable bonds is 3. The number of nitrogens with one attached hydrogen (secondary N) is 2. The Balaban J connectivity index is 2.37. The van der Waals surface area contributed by atoms with E-state index in [9.17, 15) is 9.59 Å². The van der Waals surface area contributed by atoms with E-state index in [-0.39, 0.29) is 5.91 Å². The zero-order chi connectivity index (χ0) is 14.5. The Morgan fingerprint density at radius 2 is 1.90 bits per heavy atom. The van der Waals surface area contributed by atoms with E-state index in [1.54, 1.807) is 0 Å². The molecule has 0 bridgehead atoms. The minimum Gasteiger partial charge on any atom is -0.453 e. The Bertz CT molecular complexity index is 625. The topological polar surface area (TPSA) is 80.3 Å². The van der Waals surface area contributed by atoms with E-state index in [1.165, 1.54) is 25.4 Å². The van der Waals surface area contributed by atoms with E-state index in [1.807, 2.05) is 30.3 Å². The first-order chi connectivity index (χ1) is 9.60. The Morgan fingerprint density at radius 3 is 2.50 bits per heavy atom. The maximum atomic E-state index is 11.2. The molecular weight excluding hydrogens is 278 g/mol. The molecule has 0 radical (unpaired) electrons. The molecule has 0 aliphatic heterocycles. The number of thiazole rings is 1. The first-order valence-corrected chi connectivity index (χ1v) is 6.60. The molecule has 2 aromatic rings. The van der Waals surface area contributed by atoms with E-state index in [4.69, 9.17) is 0 Å². The van der Waals surface area contributed by atoms with Gasteiger partial charge in [-0.05, 0) is 0 Å². The molecule has 2 N–H and O–H groups in total. The van der Waals surface area contributed by atoms with Crippen LogP contribution in [0, 0.1) is 0 Å². The van der Waals surface area contributed by atoms with Gasteiger partial charge >= 0.3 is 6.09 Å². The largest absolute Gasteiger partial charge is 0.453 e. The molecule has 0 saturated heterocycles. The van der Waals surface area contributed by atoms with Crippen LogP contribution >= 0.6 is 11.3 Å². The van der Waals surface area contributed by atoms with Gasteiger partial charge in [-0.3, -0.25) is 10.1 Å². The van der Waals surface area contributed by atoms with Crippen molar-refractivity contribution in [3.05, 3.63) is 30.3 Å². The average Bonchev–Trinajstić information content (AvgIpc) is 2.81. The highest BCUT2D eigenvalue weighted by molar-refractivity contribution is 7.20. The van der Waals surface area contributed by atoms with Crippen LogP contribution in [-0.2, 0) is 9.53 Å². The van der Waals surface area contributed by atoms with Crippen molar-refractivity contribution >= 4 is 33.5 Å². The van der Waals surface area contributed by atoms with Gasteiger partial charge in [0.15, 0.2) is 5.13 Å². The summed E-state index contributed by atoms with van der Waals surface area (Å²) in [6.45, 7) is 1.42. The summed E-state index contributed by atoms with van der Waals surface area (Å²) < 4.78 is 4.52. The van der Waals surface area contributed by atoms with Gasteiger partial charge < -0.3 is 10.1 Å². The zero-order valence-corrected chi connectivity index (χ0v) is 11.8. The fourth-order valence-corrected chi connectivity index (χ4v) is 2.47. The van der Waals surface area contributed by atoms with Gasteiger partial charge in [-0.25, -0.2) is 9.78 Å². The summed E-state index contributed by atoms with van der Waals surface area (Å²) in [6.07, 6.45) is -0.604. The monoisotopic (exact) mass is 291 g/mol. The average molecular weight is 291 g/mol. The molecule has 0 spiro atoms. The number of amides is 2. The number of aromatic nitrogens is 1. The maximum Gasteiger partial charge on any atom is 0.413 e. The van der Waals surface area contributed by atoms with Gasteiger partial charge in [-0.15, -0.1) is 0 Å². The minimum atomic E-state index is -0.604. The van der Waals surface area contributed by atoms with E-state index in [2.05, 4.69) is 20.4 Å². The molecule has 0 fully saturated rings. The van der Waals surface area contributed by atoms with Crippen LogP contribution < -0.4 is 10.6 Å². The maximum absolute atomic E-state index is 11.2. The van der Waals surface area contributed by atoms with Crippen LogP contribution in [-0.4, -0.2) is 24.1 Å². The van der Waals surface area contributed by atoms with Crippen molar-refractivity contribution in [3.63, 3.8) is 0 Å². The van der Waals surface area contributed by atoms with Crippen LogP contribution in [0.4, 0.5) is 14.9 Å². The first-order valence-electron chi connectivity index (χ1n) is 5.79. The highest BCUT2D eigenvalue weighted by atomic mass is 32.1. The highest BCUT2D eigenvalue weighted by Gasteiger charge is 2.15. The van der Waals surface area contributed by atoms with Crippen molar-refractivity contribution in [3.8, 4) is 11.3 Å². The van der Waals surface area contributed by atoms with Gasteiger partial charge in [-0.2, -0.15) is 0 Å². The van der Waals surface area contributed by atoms with Gasteiger partial charge in [0.05, 0.1) is 7.11 Å². The third-order valence-electron chi connectivity index (χ3n) is 2.36. The van der Waals surface area contributed by atoms with Crippen LogP contribution in [0.25, 0.3) is 11.3 Å². The normalized spacial score (nSPS) is 9.90. The third-order valence-corrected chi connectivity index (χ3v) is 3.24. The standard InChI is InChI=1S/C13H13N3O3S/c1-8(17)14-11-10(9-6-4-3-5-7-9)15-12(20-11)16-13(18)19-2/h3-7H,1-2H3,(H,14,17)(H,15,16,18). The molecule has 0 aliphatic rings. The summed E-state index contributed by atoms with van der Waals surface area (Å²) in [5.41, 5.74) is 1.46. The molecule has 104 valence electrons. The second kappa shape index (κ2) is 6.16. The quantitative estimate of drug-likeness (QED) is 0.911. The van der Waals surface area contributed by atoms with Crippen LogP contribution in [0.1, 0.15) is 6.92 Å². The molecule has 2 rings (SSSR count). The van der Waals surface area contributed by atoms with E-state index in [0.717, 1.165) is 5.56 Å². The summed E-state index contributed by atoms with van der Waals surface area (Å²) in [4.78, 5) is 26.8. The summed E-state index contributed by atoms with van der Waals surface area (Å²) in [5.74, 6) is -0.199. The van der Waals surface area contributed by atoms with Gasteiger partial charge in [0.25, 0.3) is 0 Å². The van der Waals surface area contributed by atoms with Crippen molar-refractivity contribution < 1.29 is 14.3 Å². The van der Waals surface area contributed by atoms with Crippen LogP contribution in [0.2, 0.25) is 0 Å². The predicted octanol–water partition coefficient (Wildman–Crippen LogP) is 2.95. The Labute approximate surface area is 119 Å². The molecule has 2 amide bonds. The summed E-state index contributed by atoms with van der Waals surface area (Å²) in [6, 6.07) is 9.39. The number of nitrogens with zero attached hydrogens (tertiary/aromatic N) is 1. The van der Waals surface area contributed by atoms with Gasteiger partial charge in [-0.1, -0.05) is 41.7 Å². The fraction of sp³-hybridized carbons (Fsp3) is 0.154. The molecule has 6 nitrogen and oxygen atoms in total. The molecule has 1 aromatic heterocycles. The number of hydrogen-bond acceptors (Lipinski definition) is 5. The summed E-state index contributed by atoms with van der Waals surface area (Å²) >= 11 is 1.17. The Hall–Kier alpha value is -2.41. The number of methoxy groups -OCH3 is 1. The van der Waals surface area contributed by atoms with E-state index >= 15 is 0 Å². The lowest BCUT2D eigenvalue weighted by atomic mass is 10.2. The number of ether oxygens (including phenoxy) is 1. The van der Waals surface area contributed by atoms with Crippen molar-refractivity contribution in [1.29, 1.82) is 0 Å². The lowest BCUT2D eigenvalue weighted by molar-refractivity contribution is -0.114. The molecule has 0 unspecified atom stereocenters. The fourth-order valence-electron chi connectivity index (χ4n) is 1.55. The van der Waals surface area contributed by atoms with Crippen molar-refractivity contribution in [2.45, 2.75) is 6.92 Å². The molecule has 1 aromatic carbocycles. The van der Waals surface area contributed by atoms with E-state index < -0.39 is 6.09 Å². The van der Waals surface area contributed by atoms with Gasteiger partial charge in [0, 0.05) is 12.5 Å². The molecular formula is C13H13N3O3S. The summed E-state index contributed by atoms with van der Waals surface area (Å²) in [5, 5.41) is 6.14. The number of anilines is 2. The highest BCUT2D eigenvalue weighted by Crippen LogP contribution is 2.35. The van der Waals surface area contributed by atoms with Crippen LogP contribution in [0.3, 0.4) is 0 Å². The summed E-state index contributed by atoms with van der Waals surface area (Å²) in [7, 11) is 1.27. The predicted molar refractivity (Wildman–Crippen MR) is 77.9 cm³/mol. The zero-order valence-electron chi connectivity index (χ0n) is 11.0. The lowest BCUT2D eigenvalue weighted by Gasteiger charge is -2.01. The third kappa shape index (κ3) is 3.33. The number of carbonyl (C=O) groups excluding carboxylic acids is 2. The Kier molecular flexibility index (Phi) is 4.31. The molecule has 1 heterocycles. The molecule has 0 saturated carbocycles. The second-order valence-corrected chi connectivity index (χ2v) is 4.86. The molecule has 0 aliphatic carbocycles. The molecule has 0 atom stereocenters. The smallest absolute Gasteiger partial charge is 0.413 e. The second-order valence-electron chi connectivity index (χ2n) is 3.86.